The van der Waals surface area contributed by atoms with Gasteiger partial charge in [0.2, 0.25) is 0 Å². The molecule has 0 aromatic heterocycles. The molecule has 13 heavy (non-hydrogen) atoms. The summed E-state index contributed by atoms with van der Waals surface area (Å²) < 4.78 is 30.1. The zero-order valence-corrected chi connectivity index (χ0v) is 8.34. The molecule has 0 saturated carbocycles. The van der Waals surface area contributed by atoms with E-state index in [2.05, 4.69) is 0 Å². The average Bonchev–Trinajstić information content (AvgIpc) is 1.98. The number of nitrogens with two attached hydrogens (primary N) is 1. The van der Waals surface area contributed by atoms with E-state index in [1.54, 1.807) is 6.92 Å². The van der Waals surface area contributed by atoms with Crippen molar-refractivity contribution in [2.45, 2.75) is 26.3 Å². The Kier molecular flexibility index (Phi) is 4.31. The van der Waals surface area contributed by atoms with Crippen molar-refractivity contribution < 1.29 is 17.8 Å². The molecule has 4 N–H and O–H groups in total. The van der Waals surface area contributed by atoms with Crippen LogP contribution in [0.25, 0.3) is 0 Å². The van der Waals surface area contributed by atoms with Crippen LogP contribution in [-0.2, 0) is 15.1 Å². The molecular formula is C6H14N2O4S. The van der Waals surface area contributed by atoms with Crippen LogP contribution in [0.3, 0.4) is 0 Å². The van der Waals surface area contributed by atoms with Crippen LogP contribution in [0, 0.1) is 5.92 Å². The summed E-state index contributed by atoms with van der Waals surface area (Å²) >= 11 is 0. The maximum atomic E-state index is 11.0. The first kappa shape index (κ1) is 12.3. The predicted octanol–water partition coefficient (Wildman–Crippen LogP) is -0.721. The minimum Gasteiger partial charge on any atom is -0.320 e. The average molecular weight is 210 g/mol. The molecule has 0 aliphatic rings. The zero-order valence-electron chi connectivity index (χ0n) is 7.52. The van der Waals surface area contributed by atoms with Crippen LogP contribution >= 0.6 is 0 Å². The van der Waals surface area contributed by atoms with E-state index in [1.165, 1.54) is 4.72 Å². The van der Waals surface area contributed by atoms with Crippen LogP contribution in [0.2, 0.25) is 0 Å². The summed E-state index contributed by atoms with van der Waals surface area (Å²) in [4.78, 5) is 11.0. The van der Waals surface area contributed by atoms with Gasteiger partial charge in [-0.1, -0.05) is 20.3 Å². The van der Waals surface area contributed by atoms with Gasteiger partial charge < -0.3 is 5.73 Å². The monoisotopic (exact) mass is 210 g/mol. The predicted molar refractivity (Wildman–Crippen MR) is 47.1 cm³/mol. The van der Waals surface area contributed by atoms with Crippen molar-refractivity contribution in [2.75, 3.05) is 0 Å². The van der Waals surface area contributed by atoms with Gasteiger partial charge in [-0.15, -0.1) is 0 Å². The van der Waals surface area contributed by atoms with Crippen molar-refractivity contribution in [1.29, 1.82) is 0 Å². The van der Waals surface area contributed by atoms with Crippen molar-refractivity contribution in [3.05, 3.63) is 0 Å². The first-order chi connectivity index (χ1) is 5.78. The first-order valence-corrected chi connectivity index (χ1v) is 5.26. The lowest BCUT2D eigenvalue weighted by Crippen LogP contribution is -2.46. The van der Waals surface area contributed by atoms with E-state index >= 15 is 0 Å². The number of amides is 1. The largest absolute Gasteiger partial charge is 0.359 e. The van der Waals surface area contributed by atoms with Crippen LogP contribution in [0.15, 0.2) is 0 Å². The van der Waals surface area contributed by atoms with Gasteiger partial charge in [0.05, 0.1) is 6.04 Å². The molecule has 7 heteroatoms. The molecular weight excluding hydrogens is 196 g/mol. The molecule has 78 valence electrons. The van der Waals surface area contributed by atoms with Gasteiger partial charge in [-0.05, 0) is 5.92 Å². The number of rotatable bonds is 4. The standard InChI is InChI=1S/C6H14N2O4S/c1-3-4(2)5(7)6(9)8-13(10,11)12/h4-5H,3,7H2,1-2H3,(H,8,9)(H,10,11,12)/t4-,5-/m0/s1. The quantitative estimate of drug-likeness (QED) is 0.530. The molecule has 0 unspecified atom stereocenters. The van der Waals surface area contributed by atoms with E-state index in [0.29, 0.717) is 6.42 Å². The van der Waals surface area contributed by atoms with Gasteiger partial charge in [0, 0.05) is 0 Å². The second kappa shape index (κ2) is 4.54. The fourth-order valence-corrected chi connectivity index (χ4v) is 1.10. The SMILES string of the molecule is CC[C@H](C)[C@H](N)C(=O)NS(=O)(=O)O. The molecule has 0 spiro atoms. The number of nitrogens with one attached hydrogen (secondary N) is 1. The van der Waals surface area contributed by atoms with Gasteiger partial charge in [0.15, 0.2) is 0 Å². The van der Waals surface area contributed by atoms with Gasteiger partial charge in [0.25, 0.3) is 5.91 Å². The second-order valence-electron chi connectivity index (χ2n) is 2.85. The Morgan fingerprint density at radius 2 is 2.08 bits per heavy atom. The highest BCUT2D eigenvalue weighted by Gasteiger charge is 2.22. The minimum atomic E-state index is -4.49. The highest BCUT2D eigenvalue weighted by molar-refractivity contribution is 7.84. The molecule has 1 amide bonds. The first-order valence-electron chi connectivity index (χ1n) is 3.82. The third-order valence-corrected chi connectivity index (χ3v) is 2.25. The zero-order chi connectivity index (χ0) is 10.6. The van der Waals surface area contributed by atoms with Gasteiger partial charge in [-0.2, -0.15) is 8.42 Å². The summed E-state index contributed by atoms with van der Waals surface area (Å²) in [5.41, 5.74) is 5.39. The third-order valence-electron chi connectivity index (χ3n) is 1.79. The molecule has 2 atom stereocenters. The van der Waals surface area contributed by atoms with Crippen molar-refractivity contribution in [1.82, 2.24) is 4.72 Å². The van der Waals surface area contributed by atoms with Crippen molar-refractivity contribution in [2.24, 2.45) is 11.7 Å². The normalized spacial score (nSPS) is 16.3. The highest BCUT2D eigenvalue weighted by atomic mass is 32.2. The molecule has 0 heterocycles. The fourth-order valence-electron chi connectivity index (χ4n) is 0.708. The summed E-state index contributed by atoms with van der Waals surface area (Å²) in [6.45, 7) is 3.54. The second-order valence-corrected chi connectivity index (χ2v) is 4.01. The Balaban J connectivity index is 4.28. The Bertz CT molecular complexity index is 274. The minimum absolute atomic E-state index is 0.137. The summed E-state index contributed by atoms with van der Waals surface area (Å²) in [6.07, 6.45) is 0.653. The number of hydrogen-bond acceptors (Lipinski definition) is 4. The van der Waals surface area contributed by atoms with E-state index < -0.39 is 22.3 Å². The molecule has 0 aromatic rings. The molecule has 0 fully saturated rings. The number of hydrogen-bond donors (Lipinski definition) is 3. The van der Waals surface area contributed by atoms with Crippen LogP contribution in [0.4, 0.5) is 0 Å². The van der Waals surface area contributed by atoms with Crippen LogP contribution < -0.4 is 10.5 Å². The molecule has 0 aromatic carbocycles. The number of carbonyl (C=O) groups is 1. The Morgan fingerprint density at radius 1 is 1.62 bits per heavy atom. The summed E-state index contributed by atoms with van der Waals surface area (Å²) in [5.74, 6) is -1.03. The Morgan fingerprint density at radius 3 is 2.38 bits per heavy atom. The Hall–Kier alpha value is -0.660. The molecule has 0 aliphatic carbocycles. The van der Waals surface area contributed by atoms with Crippen LogP contribution in [0.1, 0.15) is 20.3 Å². The van der Waals surface area contributed by atoms with Crippen LogP contribution in [0.5, 0.6) is 0 Å². The van der Waals surface area contributed by atoms with Crippen molar-refractivity contribution in [3.63, 3.8) is 0 Å². The van der Waals surface area contributed by atoms with E-state index in [0.717, 1.165) is 0 Å². The lowest BCUT2D eigenvalue weighted by Gasteiger charge is -2.16. The lowest BCUT2D eigenvalue weighted by molar-refractivity contribution is -0.121. The fraction of sp³-hybridized carbons (Fsp3) is 0.833. The Labute approximate surface area is 77.4 Å². The molecule has 0 rings (SSSR count). The van der Waals surface area contributed by atoms with Crippen LogP contribution in [-0.4, -0.2) is 24.9 Å². The molecule has 0 radical (unpaired) electrons. The van der Waals surface area contributed by atoms with E-state index in [1.807, 2.05) is 6.92 Å². The smallest absolute Gasteiger partial charge is 0.320 e. The van der Waals surface area contributed by atoms with Crippen molar-refractivity contribution >= 4 is 16.2 Å². The van der Waals surface area contributed by atoms with Crippen molar-refractivity contribution in [3.8, 4) is 0 Å². The molecule has 0 saturated heterocycles. The topological polar surface area (TPSA) is 109 Å². The van der Waals surface area contributed by atoms with E-state index in [-0.39, 0.29) is 5.92 Å². The number of carbonyl (C=O) groups excluding carboxylic acids is 1. The maximum Gasteiger partial charge on any atom is 0.359 e. The summed E-state index contributed by atoms with van der Waals surface area (Å²) in [5, 5.41) is 0. The maximum absolute atomic E-state index is 11.0. The molecule has 0 bridgehead atoms. The van der Waals surface area contributed by atoms with E-state index in [9.17, 15) is 13.2 Å². The van der Waals surface area contributed by atoms with Gasteiger partial charge in [0.1, 0.15) is 0 Å². The van der Waals surface area contributed by atoms with E-state index in [4.69, 9.17) is 10.3 Å². The lowest BCUT2D eigenvalue weighted by atomic mass is 10.00. The molecule has 6 nitrogen and oxygen atoms in total. The summed E-state index contributed by atoms with van der Waals surface area (Å²) in [6, 6.07) is -0.924. The summed E-state index contributed by atoms with van der Waals surface area (Å²) in [7, 11) is -4.49. The van der Waals surface area contributed by atoms with Gasteiger partial charge in [-0.25, -0.2) is 4.72 Å². The van der Waals surface area contributed by atoms with Gasteiger partial charge >= 0.3 is 10.3 Å². The molecule has 0 aliphatic heterocycles. The third kappa shape index (κ3) is 4.81. The highest BCUT2D eigenvalue weighted by Crippen LogP contribution is 2.05. The van der Waals surface area contributed by atoms with Gasteiger partial charge in [-0.3, -0.25) is 9.35 Å².